The van der Waals surface area contributed by atoms with Crippen molar-refractivity contribution in [2.75, 3.05) is 26.1 Å². The molecule has 1 N–H and O–H groups in total. The van der Waals surface area contributed by atoms with Crippen LogP contribution in [0.4, 0.5) is 0 Å². The van der Waals surface area contributed by atoms with E-state index in [0.29, 0.717) is 18.6 Å². The fourth-order valence-corrected chi connectivity index (χ4v) is 4.98. The highest BCUT2D eigenvalue weighted by Crippen LogP contribution is 2.30. The highest BCUT2D eigenvalue weighted by Gasteiger charge is 2.32. The van der Waals surface area contributed by atoms with Gasteiger partial charge in [0, 0.05) is 30.5 Å². The zero-order valence-electron chi connectivity index (χ0n) is 16.9. The predicted octanol–water partition coefficient (Wildman–Crippen LogP) is 3.49. The minimum absolute atomic E-state index is 0.0646. The van der Waals surface area contributed by atoms with Crippen molar-refractivity contribution >= 4 is 11.9 Å². The number of aryl methyl sites for hydroxylation is 2. The molecule has 2 atom stereocenters. The van der Waals surface area contributed by atoms with Crippen molar-refractivity contribution < 1.29 is 9.47 Å². The van der Waals surface area contributed by atoms with Gasteiger partial charge in [-0.15, -0.1) is 0 Å². The van der Waals surface area contributed by atoms with E-state index in [1.807, 2.05) is 23.8 Å². The fraction of sp³-hybridized carbons (Fsp3) is 0.762. The molecule has 1 aliphatic carbocycles. The van der Waals surface area contributed by atoms with Gasteiger partial charge >= 0.3 is 0 Å². The quantitative estimate of drug-likeness (QED) is 0.684. The predicted molar refractivity (Wildman–Crippen MR) is 111 cm³/mol. The van der Waals surface area contributed by atoms with Crippen molar-refractivity contribution in [1.82, 2.24) is 9.29 Å². The first kappa shape index (κ1) is 20.9. The number of pyridine rings is 1. The highest BCUT2D eigenvalue weighted by molar-refractivity contribution is 7.96. The maximum Gasteiger partial charge on any atom is 0.254 e. The minimum atomic E-state index is 0.0646. The third-order valence-electron chi connectivity index (χ3n) is 6.02. The Bertz CT molecular complexity index is 655. The van der Waals surface area contributed by atoms with E-state index >= 15 is 0 Å². The Morgan fingerprint density at radius 2 is 1.96 bits per heavy atom. The number of nitrogens with zero attached hydrogens (tertiary/aromatic N) is 1. The van der Waals surface area contributed by atoms with Crippen molar-refractivity contribution in [2.45, 2.75) is 70.6 Å². The molecule has 2 aliphatic rings. The molecule has 3 rings (SSSR count). The Hall–Kier alpha value is -0.820. The summed E-state index contributed by atoms with van der Waals surface area (Å²) in [5.74, 6) is 0.677. The normalized spacial score (nSPS) is 28.1. The summed E-state index contributed by atoms with van der Waals surface area (Å²) in [4.78, 5) is 12.8. The molecule has 1 aliphatic heterocycles. The summed E-state index contributed by atoms with van der Waals surface area (Å²) >= 11 is 1.63. The van der Waals surface area contributed by atoms with Gasteiger partial charge in [0.15, 0.2) is 0 Å². The molecule has 0 spiro atoms. The molecule has 0 amide bonds. The van der Waals surface area contributed by atoms with Crippen molar-refractivity contribution in [1.29, 1.82) is 0 Å². The molecule has 0 saturated heterocycles. The van der Waals surface area contributed by atoms with Gasteiger partial charge in [-0.05, 0) is 70.6 Å². The second-order valence-corrected chi connectivity index (χ2v) is 8.50. The SMILES string of the molecule is CCOCC1CCC(OCC2C(NSC)CCc3ccc(C)c(=O)n32)CC1. The summed E-state index contributed by atoms with van der Waals surface area (Å²) in [6.07, 6.45) is 8.89. The Balaban J connectivity index is 1.64. The van der Waals surface area contributed by atoms with Gasteiger partial charge in [-0.25, -0.2) is 0 Å². The van der Waals surface area contributed by atoms with E-state index < -0.39 is 0 Å². The zero-order chi connectivity index (χ0) is 19.2. The van der Waals surface area contributed by atoms with Gasteiger partial charge in [0.25, 0.3) is 5.56 Å². The van der Waals surface area contributed by atoms with Crippen LogP contribution in [0, 0.1) is 12.8 Å². The topological polar surface area (TPSA) is 52.5 Å². The maximum absolute atomic E-state index is 12.8. The largest absolute Gasteiger partial charge is 0.381 e. The van der Waals surface area contributed by atoms with Gasteiger partial charge in [-0.2, -0.15) is 0 Å². The molecule has 1 fully saturated rings. The van der Waals surface area contributed by atoms with Gasteiger partial charge in [0.1, 0.15) is 0 Å². The lowest BCUT2D eigenvalue weighted by Crippen LogP contribution is -2.46. The lowest BCUT2D eigenvalue weighted by molar-refractivity contribution is -0.0159. The lowest BCUT2D eigenvalue weighted by Gasteiger charge is -2.37. The average Bonchev–Trinajstić information content (AvgIpc) is 2.69. The molecule has 2 heterocycles. The Kier molecular flexibility index (Phi) is 7.82. The van der Waals surface area contributed by atoms with Crippen molar-refractivity contribution in [2.24, 2.45) is 5.92 Å². The van der Waals surface area contributed by atoms with Crippen LogP contribution in [0.5, 0.6) is 0 Å². The highest BCUT2D eigenvalue weighted by atomic mass is 32.2. The van der Waals surface area contributed by atoms with E-state index in [1.165, 1.54) is 12.8 Å². The van der Waals surface area contributed by atoms with Crippen LogP contribution >= 0.6 is 11.9 Å². The summed E-state index contributed by atoms with van der Waals surface area (Å²) in [6.45, 7) is 6.25. The molecule has 1 saturated carbocycles. The number of hydrogen-bond donors (Lipinski definition) is 1. The average molecular weight is 395 g/mol. The molecule has 5 nitrogen and oxygen atoms in total. The third kappa shape index (κ3) is 5.17. The Morgan fingerprint density at radius 1 is 1.19 bits per heavy atom. The second-order valence-electron chi connectivity index (χ2n) is 7.85. The fourth-order valence-electron chi connectivity index (χ4n) is 4.40. The molecular weight excluding hydrogens is 360 g/mol. The molecule has 27 heavy (non-hydrogen) atoms. The van der Waals surface area contributed by atoms with Crippen LogP contribution in [0.3, 0.4) is 0 Å². The number of nitrogens with one attached hydrogen (secondary N) is 1. The zero-order valence-corrected chi connectivity index (χ0v) is 17.7. The Labute approximate surface area is 167 Å². The maximum atomic E-state index is 12.8. The number of ether oxygens (including phenoxy) is 2. The number of rotatable bonds is 8. The van der Waals surface area contributed by atoms with Gasteiger partial charge < -0.3 is 14.0 Å². The molecule has 2 unspecified atom stereocenters. The van der Waals surface area contributed by atoms with Crippen LogP contribution < -0.4 is 10.3 Å². The van der Waals surface area contributed by atoms with Gasteiger partial charge in [-0.1, -0.05) is 18.0 Å². The monoisotopic (exact) mass is 394 g/mol. The number of fused-ring (bicyclic) bond motifs is 1. The van der Waals surface area contributed by atoms with E-state index in [-0.39, 0.29) is 17.6 Å². The van der Waals surface area contributed by atoms with Crippen LogP contribution in [0.25, 0.3) is 0 Å². The molecule has 152 valence electrons. The van der Waals surface area contributed by atoms with Gasteiger partial charge in [-0.3, -0.25) is 9.52 Å². The van der Waals surface area contributed by atoms with Crippen molar-refractivity contribution in [3.05, 3.63) is 33.7 Å². The first-order chi connectivity index (χ1) is 13.1. The van der Waals surface area contributed by atoms with E-state index in [4.69, 9.17) is 9.47 Å². The van der Waals surface area contributed by atoms with Gasteiger partial charge in [0.05, 0.1) is 18.8 Å². The molecular formula is C21H34N2O3S. The van der Waals surface area contributed by atoms with Crippen molar-refractivity contribution in [3.8, 4) is 0 Å². The molecule has 1 aromatic rings. The van der Waals surface area contributed by atoms with E-state index in [0.717, 1.165) is 50.2 Å². The van der Waals surface area contributed by atoms with Crippen molar-refractivity contribution in [3.63, 3.8) is 0 Å². The Morgan fingerprint density at radius 3 is 2.67 bits per heavy atom. The summed E-state index contributed by atoms with van der Waals surface area (Å²) in [7, 11) is 0. The summed E-state index contributed by atoms with van der Waals surface area (Å²) in [5.41, 5.74) is 2.08. The van der Waals surface area contributed by atoms with Crippen LogP contribution in [0.1, 0.15) is 56.3 Å². The number of hydrogen-bond acceptors (Lipinski definition) is 5. The second kappa shape index (κ2) is 10.1. The third-order valence-corrected chi connectivity index (χ3v) is 6.56. The molecule has 0 bridgehead atoms. The number of aromatic nitrogens is 1. The first-order valence-electron chi connectivity index (χ1n) is 10.3. The molecule has 0 aromatic carbocycles. The summed E-state index contributed by atoms with van der Waals surface area (Å²) < 4.78 is 17.4. The standard InChI is InChI=1S/C21H34N2O3S/c1-4-25-13-16-6-10-18(11-7-16)26-14-20-19(22-27-3)12-9-17-8-5-15(2)21(24)23(17)20/h5,8,16,18-20,22H,4,6-7,9-14H2,1-3H3. The van der Waals surface area contributed by atoms with Crippen LogP contribution in [0.2, 0.25) is 0 Å². The lowest BCUT2D eigenvalue weighted by atomic mass is 9.88. The molecule has 6 heteroatoms. The van der Waals surface area contributed by atoms with Crippen LogP contribution in [-0.4, -0.2) is 42.8 Å². The van der Waals surface area contributed by atoms with Crippen LogP contribution in [0.15, 0.2) is 16.9 Å². The summed E-state index contributed by atoms with van der Waals surface area (Å²) in [6, 6.07) is 4.39. The van der Waals surface area contributed by atoms with E-state index in [9.17, 15) is 4.79 Å². The van der Waals surface area contributed by atoms with E-state index in [1.54, 1.807) is 11.9 Å². The first-order valence-corrected chi connectivity index (χ1v) is 11.5. The van der Waals surface area contributed by atoms with Gasteiger partial charge in [0.2, 0.25) is 0 Å². The summed E-state index contributed by atoms with van der Waals surface area (Å²) in [5, 5.41) is 0. The molecule has 1 aromatic heterocycles. The molecule has 0 radical (unpaired) electrons. The smallest absolute Gasteiger partial charge is 0.254 e. The van der Waals surface area contributed by atoms with E-state index in [2.05, 4.69) is 17.7 Å². The minimum Gasteiger partial charge on any atom is -0.381 e. The van der Waals surface area contributed by atoms with Crippen LogP contribution in [-0.2, 0) is 15.9 Å².